The first kappa shape index (κ1) is 29.6. The molecule has 2 aromatic heterocycles. The summed E-state index contributed by atoms with van der Waals surface area (Å²) in [5.74, 6) is 1.00. The third-order valence-electron chi connectivity index (χ3n) is 6.55. The van der Waals surface area contributed by atoms with Crippen molar-refractivity contribution in [1.29, 1.82) is 0 Å². The number of alkyl carbamates (subject to hydrolysis) is 1. The molecule has 3 aromatic rings. The Morgan fingerprint density at radius 2 is 1.85 bits per heavy atom. The number of pyridine rings is 1. The fourth-order valence-electron chi connectivity index (χ4n) is 4.52. The maximum atomic E-state index is 12.3. The van der Waals surface area contributed by atoms with E-state index in [-0.39, 0.29) is 17.5 Å². The molecule has 218 valence electrons. The Bertz CT molecular complexity index is 1390. The largest absolute Gasteiger partial charge is 0.497 e. The second kappa shape index (κ2) is 12.4. The molecule has 1 aliphatic heterocycles. The average molecular weight is 562 g/mol. The minimum absolute atomic E-state index is 0.129. The normalized spacial score (nSPS) is 15.4. The van der Waals surface area contributed by atoms with E-state index in [2.05, 4.69) is 29.5 Å². The molecule has 0 bridgehead atoms. The van der Waals surface area contributed by atoms with Crippen LogP contribution in [0.25, 0.3) is 11.3 Å². The molecule has 4 N–H and O–H groups in total. The molecule has 3 heterocycles. The Hall–Kier alpha value is -4.41. The number of ether oxygens (including phenoxy) is 2. The van der Waals surface area contributed by atoms with Crippen LogP contribution in [0.5, 0.6) is 5.75 Å². The van der Waals surface area contributed by atoms with Crippen LogP contribution in [0.3, 0.4) is 0 Å². The van der Waals surface area contributed by atoms with E-state index in [0.717, 1.165) is 35.5 Å². The Balaban J connectivity index is 1.61. The van der Waals surface area contributed by atoms with Gasteiger partial charge in [-0.1, -0.05) is 13.8 Å². The first-order valence-corrected chi connectivity index (χ1v) is 13.8. The zero-order valence-corrected chi connectivity index (χ0v) is 24.5. The smallest absolute Gasteiger partial charge is 0.407 e. The van der Waals surface area contributed by atoms with E-state index in [1.807, 2.05) is 62.1 Å². The van der Waals surface area contributed by atoms with Crippen molar-refractivity contribution in [3.8, 4) is 17.0 Å². The number of methoxy groups -OCH3 is 1. The summed E-state index contributed by atoms with van der Waals surface area (Å²) in [6, 6.07) is 11.4. The SMILES string of the molecule is COc1ccc(-c2cc(Nc3nc(N4CCC[C@H](NC(=O)OC(C)(C)C)C4)ncc3C(N)=O)cc(C(C)C)n2)cc1. The number of piperidine rings is 1. The van der Waals surface area contributed by atoms with Gasteiger partial charge in [0.2, 0.25) is 5.95 Å². The Morgan fingerprint density at radius 3 is 2.49 bits per heavy atom. The number of hydrogen-bond donors (Lipinski definition) is 3. The number of carbonyl (C=O) groups is 2. The van der Waals surface area contributed by atoms with Gasteiger partial charge in [-0.05, 0) is 75.9 Å². The first-order chi connectivity index (χ1) is 19.4. The van der Waals surface area contributed by atoms with Crippen molar-refractivity contribution in [2.75, 3.05) is 30.4 Å². The van der Waals surface area contributed by atoms with Crippen LogP contribution < -0.4 is 26.0 Å². The fourth-order valence-corrected chi connectivity index (χ4v) is 4.52. The number of benzene rings is 1. The molecular formula is C30H39N7O4. The molecule has 1 aliphatic rings. The number of rotatable bonds is 8. The summed E-state index contributed by atoms with van der Waals surface area (Å²) in [6.45, 7) is 10.8. The van der Waals surface area contributed by atoms with Gasteiger partial charge in [0, 0.05) is 42.3 Å². The maximum Gasteiger partial charge on any atom is 0.407 e. The Labute approximate surface area is 240 Å². The van der Waals surface area contributed by atoms with E-state index in [1.165, 1.54) is 6.20 Å². The van der Waals surface area contributed by atoms with Gasteiger partial charge in [0.1, 0.15) is 22.7 Å². The molecule has 41 heavy (non-hydrogen) atoms. The van der Waals surface area contributed by atoms with Crippen LogP contribution in [0.4, 0.5) is 22.2 Å². The van der Waals surface area contributed by atoms with Crippen molar-refractivity contribution >= 4 is 29.5 Å². The lowest BCUT2D eigenvalue weighted by molar-refractivity contribution is 0.0499. The summed E-state index contributed by atoms with van der Waals surface area (Å²) in [5, 5.41) is 6.24. The van der Waals surface area contributed by atoms with Crippen LogP contribution >= 0.6 is 0 Å². The fraction of sp³-hybridized carbons (Fsp3) is 0.433. The molecule has 1 fully saturated rings. The second-order valence-electron chi connectivity index (χ2n) is 11.4. The van der Waals surface area contributed by atoms with Gasteiger partial charge in [-0.3, -0.25) is 9.78 Å². The number of carbonyl (C=O) groups excluding carboxylic acids is 2. The molecule has 11 nitrogen and oxygen atoms in total. The van der Waals surface area contributed by atoms with Crippen molar-refractivity contribution in [1.82, 2.24) is 20.3 Å². The van der Waals surface area contributed by atoms with Crippen LogP contribution in [-0.4, -0.2) is 58.8 Å². The van der Waals surface area contributed by atoms with Gasteiger partial charge in [0.15, 0.2) is 0 Å². The van der Waals surface area contributed by atoms with Crippen LogP contribution in [0, 0.1) is 0 Å². The predicted octanol–water partition coefficient (Wildman–Crippen LogP) is 5.01. The summed E-state index contributed by atoms with van der Waals surface area (Å²) in [6.07, 6.45) is 2.62. The minimum Gasteiger partial charge on any atom is -0.497 e. The van der Waals surface area contributed by atoms with E-state index < -0.39 is 17.6 Å². The topological polar surface area (TPSA) is 145 Å². The lowest BCUT2D eigenvalue weighted by Crippen LogP contribution is -2.49. The number of nitrogens with one attached hydrogen (secondary N) is 2. The van der Waals surface area contributed by atoms with Crippen LogP contribution in [0.2, 0.25) is 0 Å². The van der Waals surface area contributed by atoms with Gasteiger partial charge in [-0.2, -0.15) is 4.98 Å². The maximum absolute atomic E-state index is 12.3. The first-order valence-electron chi connectivity index (χ1n) is 13.8. The van der Waals surface area contributed by atoms with Crippen molar-refractivity contribution in [2.24, 2.45) is 5.73 Å². The highest BCUT2D eigenvalue weighted by atomic mass is 16.6. The van der Waals surface area contributed by atoms with Gasteiger partial charge in [-0.15, -0.1) is 0 Å². The summed E-state index contributed by atoms with van der Waals surface area (Å²) in [5.41, 5.74) is 8.56. The molecule has 1 aromatic carbocycles. The number of hydrogen-bond acceptors (Lipinski definition) is 9. The van der Waals surface area contributed by atoms with Crippen LogP contribution in [-0.2, 0) is 4.74 Å². The number of aromatic nitrogens is 3. The molecule has 0 unspecified atom stereocenters. The number of anilines is 3. The molecule has 4 rings (SSSR count). The van der Waals surface area contributed by atoms with E-state index in [9.17, 15) is 9.59 Å². The van der Waals surface area contributed by atoms with Crippen LogP contribution in [0.1, 0.15) is 69.4 Å². The molecule has 1 atom stereocenters. The molecule has 1 saturated heterocycles. The van der Waals surface area contributed by atoms with Gasteiger partial charge in [-0.25, -0.2) is 9.78 Å². The highest BCUT2D eigenvalue weighted by Crippen LogP contribution is 2.29. The lowest BCUT2D eigenvalue weighted by Gasteiger charge is -2.33. The highest BCUT2D eigenvalue weighted by Gasteiger charge is 2.26. The molecule has 0 spiro atoms. The molecule has 0 aliphatic carbocycles. The van der Waals surface area contributed by atoms with Crippen molar-refractivity contribution < 1.29 is 19.1 Å². The average Bonchev–Trinajstić information content (AvgIpc) is 2.91. The summed E-state index contributed by atoms with van der Waals surface area (Å²) >= 11 is 0. The number of primary amides is 1. The van der Waals surface area contributed by atoms with E-state index in [1.54, 1.807) is 7.11 Å². The van der Waals surface area contributed by atoms with Gasteiger partial charge < -0.3 is 30.7 Å². The van der Waals surface area contributed by atoms with Crippen molar-refractivity contribution in [3.05, 3.63) is 53.9 Å². The van der Waals surface area contributed by atoms with Gasteiger partial charge in [0.25, 0.3) is 5.91 Å². The molecule has 2 amide bonds. The highest BCUT2D eigenvalue weighted by molar-refractivity contribution is 5.98. The van der Waals surface area contributed by atoms with E-state index in [4.69, 9.17) is 25.2 Å². The third-order valence-corrected chi connectivity index (χ3v) is 6.55. The zero-order chi connectivity index (χ0) is 29.7. The summed E-state index contributed by atoms with van der Waals surface area (Å²) < 4.78 is 10.7. The van der Waals surface area contributed by atoms with Gasteiger partial charge >= 0.3 is 6.09 Å². The Kier molecular flexibility index (Phi) is 8.95. The monoisotopic (exact) mass is 561 g/mol. The standard InChI is InChI=1S/C30H39N7O4/c1-18(2)24-14-21(15-25(35-24)19-9-11-22(40-6)12-10-19)33-27-23(26(31)38)16-32-28(36-27)37-13-7-8-20(17-37)34-29(39)41-30(3,4)5/h9-12,14-16,18,20H,7-8,13,17H2,1-6H3,(H2,31,38)(H,34,39)(H,32,33,35,36)/t20-/m0/s1. The van der Waals surface area contributed by atoms with E-state index >= 15 is 0 Å². The van der Waals surface area contributed by atoms with E-state index in [0.29, 0.717) is 30.5 Å². The number of amides is 2. The molecular weight excluding hydrogens is 522 g/mol. The molecule has 0 saturated carbocycles. The zero-order valence-electron chi connectivity index (χ0n) is 24.5. The Morgan fingerprint density at radius 1 is 1.12 bits per heavy atom. The third kappa shape index (κ3) is 7.84. The van der Waals surface area contributed by atoms with Crippen LogP contribution in [0.15, 0.2) is 42.6 Å². The minimum atomic E-state index is -0.643. The van der Waals surface area contributed by atoms with Crippen molar-refractivity contribution in [2.45, 2.75) is 65.0 Å². The summed E-state index contributed by atoms with van der Waals surface area (Å²) in [4.78, 5) is 40.6. The molecule has 0 radical (unpaired) electrons. The van der Waals surface area contributed by atoms with Crippen molar-refractivity contribution in [3.63, 3.8) is 0 Å². The molecule has 11 heteroatoms. The van der Waals surface area contributed by atoms with Gasteiger partial charge in [0.05, 0.1) is 12.8 Å². The predicted molar refractivity (Wildman–Crippen MR) is 159 cm³/mol. The number of nitrogens with two attached hydrogens (primary N) is 1. The lowest BCUT2D eigenvalue weighted by atomic mass is 10.1. The summed E-state index contributed by atoms with van der Waals surface area (Å²) in [7, 11) is 1.63. The quantitative estimate of drug-likeness (QED) is 0.346. The second-order valence-corrected chi connectivity index (χ2v) is 11.4. The number of nitrogens with zero attached hydrogens (tertiary/aromatic N) is 4.